The fraction of sp³-hybridized carbons (Fsp3) is 0.700. The fourth-order valence-electron chi connectivity index (χ4n) is 3.39. The molecule has 1 aromatic rings. The first-order valence-corrected chi connectivity index (χ1v) is 8.86. The predicted molar refractivity (Wildman–Crippen MR) is 94.0 cm³/mol. The summed E-state index contributed by atoms with van der Waals surface area (Å²) < 4.78 is 22.4. The zero-order valence-electron chi connectivity index (χ0n) is 15.6. The lowest BCUT2D eigenvalue weighted by Crippen LogP contribution is -2.26. The Hall–Kier alpha value is -1.26. The zero-order chi connectivity index (χ0) is 17.4. The largest absolute Gasteiger partial charge is 0.491 e. The van der Waals surface area contributed by atoms with Crippen molar-refractivity contribution in [3.05, 3.63) is 23.8 Å². The van der Waals surface area contributed by atoms with Gasteiger partial charge in [0.15, 0.2) is 0 Å². The first-order valence-electron chi connectivity index (χ1n) is 8.86. The molecule has 3 rings (SSSR count). The highest BCUT2D eigenvalue weighted by molar-refractivity contribution is 5.44. The van der Waals surface area contributed by atoms with Crippen LogP contribution in [-0.2, 0) is 14.9 Å². The molecule has 0 amide bonds. The predicted octanol–water partition coefficient (Wildman–Crippen LogP) is 3.96. The first-order chi connectivity index (χ1) is 11.2. The fourth-order valence-corrected chi connectivity index (χ4v) is 3.39. The third-order valence-electron chi connectivity index (χ3n) is 4.32. The molecular weight excluding hydrogens is 304 g/mol. The van der Waals surface area contributed by atoms with Crippen molar-refractivity contribution in [2.24, 2.45) is 5.41 Å². The zero-order valence-corrected chi connectivity index (χ0v) is 15.6. The third-order valence-corrected chi connectivity index (χ3v) is 4.32. The van der Waals surface area contributed by atoms with Crippen molar-refractivity contribution in [3.63, 3.8) is 0 Å². The monoisotopic (exact) mass is 334 g/mol. The lowest BCUT2D eigenvalue weighted by atomic mass is 9.72. The lowest BCUT2D eigenvalue weighted by Gasteiger charge is -2.34. The van der Waals surface area contributed by atoms with Crippen LogP contribution in [0.25, 0.3) is 0 Å². The molecule has 0 aliphatic carbocycles. The van der Waals surface area contributed by atoms with Crippen LogP contribution in [0.15, 0.2) is 18.2 Å². The Morgan fingerprint density at radius 3 is 2.08 bits per heavy atom. The van der Waals surface area contributed by atoms with Gasteiger partial charge in [-0.2, -0.15) is 0 Å². The average Bonchev–Trinajstić information content (AvgIpc) is 3.35. The van der Waals surface area contributed by atoms with Crippen molar-refractivity contribution < 1.29 is 18.9 Å². The molecule has 2 aliphatic rings. The van der Waals surface area contributed by atoms with Gasteiger partial charge in [0.05, 0.1) is 13.2 Å². The van der Waals surface area contributed by atoms with Crippen molar-refractivity contribution >= 4 is 0 Å². The van der Waals surface area contributed by atoms with Crippen LogP contribution in [0.5, 0.6) is 11.5 Å². The molecule has 0 radical (unpaired) electrons. The molecule has 4 nitrogen and oxygen atoms in total. The smallest absolute Gasteiger partial charge is 0.126 e. The summed E-state index contributed by atoms with van der Waals surface area (Å²) in [5, 5.41) is 0. The third kappa shape index (κ3) is 5.12. The second-order valence-electron chi connectivity index (χ2n) is 8.81. The van der Waals surface area contributed by atoms with Gasteiger partial charge in [-0.25, -0.2) is 0 Å². The Labute approximate surface area is 145 Å². The molecule has 0 aromatic heterocycles. The molecule has 24 heavy (non-hydrogen) atoms. The molecule has 0 saturated carbocycles. The first kappa shape index (κ1) is 17.6. The van der Waals surface area contributed by atoms with Crippen LogP contribution in [0.1, 0.15) is 46.6 Å². The molecule has 0 spiro atoms. The maximum atomic E-state index is 6.09. The van der Waals surface area contributed by atoms with E-state index < -0.39 is 0 Å². The minimum atomic E-state index is 0.0239. The average molecular weight is 334 g/mol. The van der Waals surface area contributed by atoms with Crippen molar-refractivity contribution in [1.29, 1.82) is 0 Å². The molecule has 0 bridgehead atoms. The molecule has 2 unspecified atom stereocenters. The highest BCUT2D eigenvalue weighted by Crippen LogP contribution is 2.41. The van der Waals surface area contributed by atoms with Gasteiger partial charge in [0.25, 0.3) is 0 Å². The van der Waals surface area contributed by atoms with E-state index >= 15 is 0 Å². The summed E-state index contributed by atoms with van der Waals surface area (Å²) in [6.07, 6.45) is 1.58. The second kappa shape index (κ2) is 6.57. The van der Waals surface area contributed by atoms with Crippen LogP contribution in [0.2, 0.25) is 0 Å². The van der Waals surface area contributed by atoms with Crippen LogP contribution in [0, 0.1) is 5.41 Å². The summed E-state index contributed by atoms with van der Waals surface area (Å²) in [6.45, 7) is 14.2. The molecule has 134 valence electrons. The standard InChI is InChI=1S/C20H30O4/c1-19(2,3)13-20(4,5)17-7-6-14(21-9-15-10-22-15)8-18(17)24-12-16-11-23-16/h6-8,15-16H,9-13H2,1-5H3. The number of epoxide rings is 2. The van der Waals surface area contributed by atoms with E-state index in [0.717, 1.165) is 31.1 Å². The molecule has 2 heterocycles. The maximum Gasteiger partial charge on any atom is 0.126 e. The topological polar surface area (TPSA) is 43.5 Å². The summed E-state index contributed by atoms with van der Waals surface area (Å²) >= 11 is 0. The quantitative estimate of drug-likeness (QED) is 0.675. The van der Waals surface area contributed by atoms with E-state index in [-0.39, 0.29) is 23.0 Å². The van der Waals surface area contributed by atoms with Crippen LogP contribution in [0.4, 0.5) is 0 Å². The van der Waals surface area contributed by atoms with E-state index in [1.807, 2.05) is 12.1 Å². The van der Waals surface area contributed by atoms with Gasteiger partial charge in [-0.05, 0) is 23.3 Å². The molecule has 1 aromatic carbocycles. The van der Waals surface area contributed by atoms with E-state index in [1.54, 1.807) is 0 Å². The molecule has 0 N–H and O–H groups in total. The Morgan fingerprint density at radius 2 is 1.54 bits per heavy atom. The van der Waals surface area contributed by atoms with E-state index in [1.165, 1.54) is 5.56 Å². The van der Waals surface area contributed by atoms with Crippen LogP contribution >= 0.6 is 0 Å². The molecule has 2 atom stereocenters. The highest BCUT2D eigenvalue weighted by Gasteiger charge is 2.31. The molecule has 2 fully saturated rings. The van der Waals surface area contributed by atoms with E-state index in [2.05, 4.69) is 40.7 Å². The SMILES string of the molecule is CC(C)(C)CC(C)(C)c1ccc(OCC2CO2)cc1OCC1CO1. The number of hydrogen-bond donors (Lipinski definition) is 0. The minimum absolute atomic E-state index is 0.0239. The molecule has 2 aliphatic heterocycles. The van der Waals surface area contributed by atoms with Gasteiger partial charge in [0.1, 0.15) is 36.9 Å². The van der Waals surface area contributed by atoms with E-state index in [0.29, 0.717) is 13.2 Å². The highest BCUT2D eigenvalue weighted by atomic mass is 16.6. The summed E-state index contributed by atoms with van der Waals surface area (Å²) in [4.78, 5) is 0. The van der Waals surface area contributed by atoms with Crippen molar-refractivity contribution in [3.8, 4) is 11.5 Å². The molecular formula is C20H30O4. The van der Waals surface area contributed by atoms with Gasteiger partial charge in [0.2, 0.25) is 0 Å². The van der Waals surface area contributed by atoms with Crippen molar-refractivity contribution in [2.75, 3.05) is 26.4 Å². The second-order valence-corrected chi connectivity index (χ2v) is 8.81. The Morgan fingerprint density at radius 1 is 0.958 bits per heavy atom. The minimum Gasteiger partial charge on any atom is -0.491 e. The summed E-state index contributed by atoms with van der Waals surface area (Å²) in [5.74, 6) is 1.75. The van der Waals surface area contributed by atoms with E-state index in [4.69, 9.17) is 18.9 Å². The van der Waals surface area contributed by atoms with Gasteiger partial charge in [0, 0.05) is 11.6 Å². The Kier molecular flexibility index (Phi) is 4.80. The number of ether oxygens (including phenoxy) is 4. The van der Waals surface area contributed by atoms with Crippen LogP contribution < -0.4 is 9.47 Å². The van der Waals surface area contributed by atoms with Gasteiger partial charge in [-0.3, -0.25) is 0 Å². The van der Waals surface area contributed by atoms with Crippen molar-refractivity contribution in [1.82, 2.24) is 0 Å². The Bertz CT molecular complexity index is 565. The van der Waals surface area contributed by atoms with Crippen LogP contribution in [0.3, 0.4) is 0 Å². The molecule has 2 saturated heterocycles. The van der Waals surface area contributed by atoms with Crippen molar-refractivity contribution in [2.45, 2.75) is 58.7 Å². The van der Waals surface area contributed by atoms with Gasteiger partial charge in [-0.15, -0.1) is 0 Å². The lowest BCUT2D eigenvalue weighted by molar-refractivity contribution is 0.240. The molecule has 4 heteroatoms. The number of hydrogen-bond acceptors (Lipinski definition) is 4. The van der Waals surface area contributed by atoms with Gasteiger partial charge < -0.3 is 18.9 Å². The summed E-state index contributed by atoms with van der Waals surface area (Å²) in [6, 6.07) is 6.21. The summed E-state index contributed by atoms with van der Waals surface area (Å²) in [5.41, 5.74) is 1.50. The van der Waals surface area contributed by atoms with E-state index in [9.17, 15) is 0 Å². The van der Waals surface area contributed by atoms with Crippen LogP contribution in [-0.4, -0.2) is 38.6 Å². The number of rotatable bonds is 8. The maximum absolute atomic E-state index is 6.09. The Balaban J connectivity index is 1.78. The normalized spacial score (nSPS) is 23.0. The summed E-state index contributed by atoms with van der Waals surface area (Å²) in [7, 11) is 0. The number of benzene rings is 1. The van der Waals surface area contributed by atoms with Gasteiger partial charge in [-0.1, -0.05) is 40.7 Å². The van der Waals surface area contributed by atoms with Gasteiger partial charge >= 0.3 is 0 Å².